The van der Waals surface area contributed by atoms with Crippen LogP contribution in [0.3, 0.4) is 0 Å². The van der Waals surface area contributed by atoms with Crippen molar-refractivity contribution < 1.29 is 17.9 Å². The molecular formula is C17H25ClN2O4S. The lowest BCUT2D eigenvalue weighted by atomic mass is 10.0. The number of nitrogens with zero attached hydrogens (tertiary/aromatic N) is 1. The maximum Gasteiger partial charge on any atom is 0.263 e. The summed E-state index contributed by atoms with van der Waals surface area (Å²) in [4.78, 5) is 14.5. The van der Waals surface area contributed by atoms with E-state index in [4.69, 9.17) is 16.3 Å². The number of nitrogens with one attached hydrogen (secondary N) is 1. The van der Waals surface area contributed by atoms with E-state index in [1.54, 1.807) is 30.0 Å². The number of hydrogen-bond acceptors (Lipinski definition) is 4. The minimum Gasteiger partial charge on any atom is -0.481 e. The topological polar surface area (TPSA) is 75.7 Å². The molecule has 1 aliphatic rings. The molecule has 0 unspecified atom stereocenters. The highest BCUT2D eigenvalue weighted by molar-refractivity contribution is 7.88. The Bertz CT molecular complexity index is 723. The van der Waals surface area contributed by atoms with Gasteiger partial charge < -0.3 is 9.64 Å². The molecule has 0 bridgehead atoms. The monoisotopic (exact) mass is 388 g/mol. The fourth-order valence-corrected chi connectivity index (χ4v) is 3.69. The van der Waals surface area contributed by atoms with Gasteiger partial charge in [-0.1, -0.05) is 11.6 Å². The van der Waals surface area contributed by atoms with Crippen molar-refractivity contribution in [2.45, 2.75) is 45.3 Å². The summed E-state index contributed by atoms with van der Waals surface area (Å²) in [6.45, 7) is 4.43. The van der Waals surface area contributed by atoms with E-state index in [-0.39, 0.29) is 18.5 Å². The van der Waals surface area contributed by atoms with Crippen LogP contribution >= 0.6 is 11.6 Å². The van der Waals surface area contributed by atoms with Crippen LogP contribution < -0.4 is 9.46 Å². The molecule has 0 radical (unpaired) electrons. The molecule has 8 heteroatoms. The zero-order chi connectivity index (χ0) is 18.6. The molecule has 140 valence electrons. The van der Waals surface area contributed by atoms with Gasteiger partial charge in [-0.25, -0.2) is 13.1 Å². The van der Waals surface area contributed by atoms with Crippen LogP contribution in [0.1, 0.15) is 31.7 Å². The van der Waals surface area contributed by atoms with Crippen molar-refractivity contribution in [2.75, 3.05) is 19.3 Å². The number of aryl methyl sites for hydroxylation is 1. The van der Waals surface area contributed by atoms with E-state index >= 15 is 0 Å². The summed E-state index contributed by atoms with van der Waals surface area (Å²) in [6.07, 6.45) is 3.13. The smallest absolute Gasteiger partial charge is 0.263 e. The lowest BCUT2D eigenvalue weighted by Gasteiger charge is -2.37. The van der Waals surface area contributed by atoms with Crippen molar-refractivity contribution in [2.24, 2.45) is 0 Å². The lowest BCUT2D eigenvalue weighted by Crippen LogP contribution is -2.52. The molecular weight excluding hydrogens is 364 g/mol. The Balaban J connectivity index is 2.04. The molecule has 1 heterocycles. The Morgan fingerprint density at radius 1 is 1.44 bits per heavy atom. The predicted octanol–water partition coefficient (Wildman–Crippen LogP) is 2.35. The van der Waals surface area contributed by atoms with Crippen LogP contribution in [-0.2, 0) is 14.8 Å². The number of carbonyl (C=O) groups is 1. The molecule has 2 atom stereocenters. The number of likely N-dealkylation sites (tertiary alicyclic amines) is 1. The third-order valence-electron chi connectivity index (χ3n) is 4.28. The molecule has 0 aromatic heterocycles. The van der Waals surface area contributed by atoms with Crippen LogP contribution in [0.15, 0.2) is 18.2 Å². The number of rotatable bonds is 6. The number of piperidine rings is 1. The summed E-state index contributed by atoms with van der Waals surface area (Å²) in [5.41, 5.74) is 0.862. The molecule has 1 saturated heterocycles. The van der Waals surface area contributed by atoms with E-state index in [2.05, 4.69) is 4.72 Å². The first-order chi connectivity index (χ1) is 11.7. The molecule has 2 rings (SSSR count). The first-order valence-corrected chi connectivity index (χ1v) is 10.6. The Morgan fingerprint density at radius 2 is 2.16 bits per heavy atom. The highest BCUT2D eigenvalue weighted by Gasteiger charge is 2.31. The van der Waals surface area contributed by atoms with Crippen molar-refractivity contribution in [3.63, 3.8) is 0 Å². The van der Waals surface area contributed by atoms with E-state index in [0.717, 1.165) is 31.1 Å². The van der Waals surface area contributed by atoms with Crippen LogP contribution in [0.4, 0.5) is 0 Å². The second-order valence-corrected chi connectivity index (χ2v) is 8.74. The zero-order valence-corrected chi connectivity index (χ0v) is 16.4. The van der Waals surface area contributed by atoms with Crippen LogP contribution in [0.2, 0.25) is 5.02 Å². The number of carbonyl (C=O) groups excluding carboxylic acids is 1. The van der Waals surface area contributed by atoms with Crippen LogP contribution in [-0.4, -0.2) is 50.7 Å². The fourth-order valence-electron chi connectivity index (χ4n) is 2.97. The van der Waals surface area contributed by atoms with Gasteiger partial charge in [0.05, 0.1) is 6.26 Å². The van der Waals surface area contributed by atoms with Gasteiger partial charge in [-0.05, 0) is 56.9 Å². The summed E-state index contributed by atoms with van der Waals surface area (Å²) in [5, 5.41) is 0.617. The third kappa shape index (κ3) is 5.87. The van der Waals surface area contributed by atoms with Crippen molar-refractivity contribution >= 4 is 27.5 Å². The second-order valence-electron chi connectivity index (χ2n) is 6.47. The Hall–Kier alpha value is -1.31. The summed E-state index contributed by atoms with van der Waals surface area (Å²) in [5.74, 6) is 0.488. The van der Waals surface area contributed by atoms with E-state index < -0.39 is 16.1 Å². The summed E-state index contributed by atoms with van der Waals surface area (Å²) >= 11 is 5.94. The van der Waals surface area contributed by atoms with Gasteiger partial charge in [0.1, 0.15) is 5.75 Å². The second kappa shape index (κ2) is 8.38. The van der Waals surface area contributed by atoms with Gasteiger partial charge in [0.2, 0.25) is 10.0 Å². The van der Waals surface area contributed by atoms with E-state index in [9.17, 15) is 13.2 Å². The molecule has 1 amide bonds. The van der Waals surface area contributed by atoms with E-state index in [0.29, 0.717) is 17.3 Å². The van der Waals surface area contributed by atoms with Crippen LogP contribution in [0.5, 0.6) is 5.75 Å². The molecule has 0 spiro atoms. The Kier molecular flexibility index (Phi) is 6.71. The van der Waals surface area contributed by atoms with E-state index in [1.807, 2.05) is 6.92 Å². The van der Waals surface area contributed by atoms with Gasteiger partial charge in [-0.15, -0.1) is 0 Å². The average Bonchev–Trinajstić information content (AvgIpc) is 2.54. The average molecular weight is 389 g/mol. The number of halogens is 1. The molecule has 0 aliphatic carbocycles. The van der Waals surface area contributed by atoms with Crippen molar-refractivity contribution in [3.05, 3.63) is 28.8 Å². The molecule has 1 aromatic rings. The first kappa shape index (κ1) is 20.0. The molecule has 1 aromatic carbocycles. The van der Waals surface area contributed by atoms with Gasteiger partial charge in [-0.2, -0.15) is 0 Å². The van der Waals surface area contributed by atoms with Gasteiger partial charge in [0, 0.05) is 24.2 Å². The largest absolute Gasteiger partial charge is 0.481 e. The SMILES string of the molecule is Cc1cc(Cl)ccc1O[C@H](C)C(=O)N1CCCC[C@@H]1CNS(C)(=O)=O. The number of benzene rings is 1. The van der Waals surface area contributed by atoms with Gasteiger partial charge in [0.25, 0.3) is 5.91 Å². The van der Waals surface area contributed by atoms with Crippen molar-refractivity contribution in [3.8, 4) is 5.75 Å². The predicted molar refractivity (Wildman–Crippen MR) is 98.5 cm³/mol. The summed E-state index contributed by atoms with van der Waals surface area (Å²) < 4.78 is 31.0. The van der Waals surface area contributed by atoms with Gasteiger partial charge in [-0.3, -0.25) is 4.79 Å². The molecule has 6 nitrogen and oxygen atoms in total. The standard InChI is InChI=1S/C17H25ClN2O4S/c1-12-10-14(18)7-8-16(12)24-13(2)17(21)20-9-5-4-6-15(20)11-19-25(3,22)23/h7-8,10,13,15,19H,4-6,9,11H2,1-3H3/t13-,15-/m1/s1. The Labute approximate surface area is 154 Å². The highest BCUT2D eigenvalue weighted by atomic mass is 35.5. The van der Waals surface area contributed by atoms with Crippen molar-refractivity contribution in [1.29, 1.82) is 0 Å². The zero-order valence-electron chi connectivity index (χ0n) is 14.8. The fraction of sp³-hybridized carbons (Fsp3) is 0.588. The first-order valence-electron chi connectivity index (χ1n) is 8.35. The number of amides is 1. The summed E-state index contributed by atoms with van der Waals surface area (Å²) in [6, 6.07) is 5.11. The molecule has 1 aliphatic heterocycles. The molecule has 0 saturated carbocycles. The number of ether oxygens (including phenoxy) is 1. The van der Waals surface area contributed by atoms with Crippen LogP contribution in [0, 0.1) is 6.92 Å². The lowest BCUT2D eigenvalue weighted by molar-refractivity contribution is -0.141. The van der Waals surface area contributed by atoms with E-state index in [1.165, 1.54) is 0 Å². The number of hydrogen-bond donors (Lipinski definition) is 1. The number of sulfonamides is 1. The summed E-state index contributed by atoms with van der Waals surface area (Å²) in [7, 11) is -3.28. The quantitative estimate of drug-likeness (QED) is 0.811. The Morgan fingerprint density at radius 3 is 2.80 bits per heavy atom. The minimum absolute atomic E-state index is 0.130. The normalized spacial score (nSPS) is 19.5. The van der Waals surface area contributed by atoms with Gasteiger partial charge in [0.15, 0.2) is 6.10 Å². The third-order valence-corrected chi connectivity index (χ3v) is 5.21. The minimum atomic E-state index is -3.28. The molecule has 25 heavy (non-hydrogen) atoms. The van der Waals surface area contributed by atoms with Crippen LogP contribution in [0.25, 0.3) is 0 Å². The molecule has 1 N–H and O–H groups in total. The van der Waals surface area contributed by atoms with Crippen molar-refractivity contribution in [1.82, 2.24) is 9.62 Å². The maximum absolute atomic E-state index is 12.8. The molecule has 1 fully saturated rings. The highest BCUT2D eigenvalue weighted by Crippen LogP contribution is 2.24. The maximum atomic E-state index is 12.8. The van der Waals surface area contributed by atoms with Gasteiger partial charge >= 0.3 is 0 Å².